The number of ether oxygens (including phenoxy) is 5. The summed E-state index contributed by atoms with van der Waals surface area (Å²) < 4.78 is 28.6. The predicted octanol–water partition coefficient (Wildman–Crippen LogP) is 2.52. The van der Waals surface area contributed by atoms with E-state index in [0.717, 1.165) is 35.6 Å². The van der Waals surface area contributed by atoms with E-state index in [1.807, 2.05) is 18.2 Å². The van der Waals surface area contributed by atoms with Crippen molar-refractivity contribution in [3.8, 4) is 28.7 Å². The van der Waals surface area contributed by atoms with Crippen LogP contribution in [-0.4, -0.2) is 44.7 Å². The number of carbonyl (C=O) groups excluding carboxylic acids is 1. The van der Waals surface area contributed by atoms with E-state index in [0.29, 0.717) is 21.7 Å². The molecule has 7 nitrogen and oxygen atoms in total. The Balaban J connectivity index is 1.53. The van der Waals surface area contributed by atoms with Gasteiger partial charge in [0.1, 0.15) is 12.0 Å². The summed E-state index contributed by atoms with van der Waals surface area (Å²) in [4.78, 5) is 13.1. The zero-order valence-electron chi connectivity index (χ0n) is 15.7. The Morgan fingerprint density at radius 1 is 0.893 bits per heavy atom. The molecule has 2 aromatic carbocycles. The Kier molecular flexibility index (Phi) is 3.05. The standard InChI is InChI=1S/C21H20NO6/c1-22(2)6-5-11-7-15-16(26-9-25-15)8-13(11)18(22)17-12-3-4-14-20(27-10-24-14)19(12)28-21(17)23/h3-4,7-8,17-18H,5-6,9-10H2,1-2H3/q+1. The molecule has 0 N–H and O–H groups in total. The number of hydrogen-bond donors (Lipinski definition) is 0. The average Bonchev–Trinajstić information content (AvgIpc) is 3.37. The van der Waals surface area contributed by atoms with Gasteiger partial charge in [-0.2, -0.15) is 0 Å². The number of likely N-dealkylation sites (N-methyl/N-ethyl adjacent to an activating group) is 1. The summed E-state index contributed by atoms with van der Waals surface area (Å²) in [5.74, 6) is 2.50. The molecule has 6 rings (SSSR count). The molecular formula is C21H20NO6+. The molecule has 144 valence electrons. The first kappa shape index (κ1) is 16.1. The SMILES string of the molecule is C[N+]1(C)CCc2cc3c(cc2C1C1C(=O)Oc2c1ccc1c2OCO1)OCO3. The van der Waals surface area contributed by atoms with Gasteiger partial charge < -0.3 is 28.2 Å². The van der Waals surface area contributed by atoms with Crippen LogP contribution in [0.15, 0.2) is 24.3 Å². The Hall–Kier alpha value is -2.93. The zero-order valence-corrected chi connectivity index (χ0v) is 15.7. The molecule has 2 aromatic rings. The molecule has 7 heteroatoms. The molecule has 0 aromatic heterocycles. The number of fused-ring (bicyclic) bond motifs is 5. The van der Waals surface area contributed by atoms with Gasteiger partial charge in [-0.25, -0.2) is 0 Å². The van der Waals surface area contributed by atoms with Gasteiger partial charge in [0.25, 0.3) is 0 Å². The van der Waals surface area contributed by atoms with Gasteiger partial charge in [0.2, 0.25) is 19.3 Å². The summed E-state index contributed by atoms with van der Waals surface area (Å²) in [6.45, 7) is 1.30. The third kappa shape index (κ3) is 2.05. The van der Waals surface area contributed by atoms with Crippen LogP contribution < -0.4 is 23.7 Å². The molecule has 2 unspecified atom stereocenters. The maximum absolute atomic E-state index is 13.1. The first-order valence-electron chi connectivity index (χ1n) is 9.42. The van der Waals surface area contributed by atoms with E-state index >= 15 is 0 Å². The second-order valence-corrected chi connectivity index (χ2v) is 8.22. The highest BCUT2D eigenvalue weighted by atomic mass is 16.7. The molecule has 0 spiro atoms. The predicted molar refractivity (Wildman–Crippen MR) is 96.9 cm³/mol. The van der Waals surface area contributed by atoms with E-state index in [9.17, 15) is 4.79 Å². The van der Waals surface area contributed by atoms with Crippen molar-refractivity contribution in [2.45, 2.75) is 18.4 Å². The van der Waals surface area contributed by atoms with Crippen molar-refractivity contribution in [3.63, 3.8) is 0 Å². The van der Waals surface area contributed by atoms with E-state index in [2.05, 4.69) is 20.2 Å². The average molecular weight is 382 g/mol. The van der Waals surface area contributed by atoms with Crippen LogP contribution in [0.4, 0.5) is 0 Å². The minimum atomic E-state index is -0.418. The Bertz CT molecular complexity index is 1030. The highest BCUT2D eigenvalue weighted by Crippen LogP contribution is 2.55. The molecule has 2 atom stereocenters. The Morgan fingerprint density at radius 3 is 2.50 bits per heavy atom. The van der Waals surface area contributed by atoms with Gasteiger partial charge in [-0.1, -0.05) is 6.07 Å². The topological polar surface area (TPSA) is 63.2 Å². The lowest BCUT2D eigenvalue weighted by Crippen LogP contribution is -2.51. The highest BCUT2D eigenvalue weighted by Gasteiger charge is 2.51. The molecule has 4 aliphatic rings. The van der Waals surface area contributed by atoms with E-state index in [-0.39, 0.29) is 25.6 Å². The van der Waals surface area contributed by atoms with Gasteiger partial charge in [0, 0.05) is 17.5 Å². The molecule has 0 saturated heterocycles. The molecule has 28 heavy (non-hydrogen) atoms. The zero-order chi connectivity index (χ0) is 19.0. The number of esters is 1. The summed E-state index contributed by atoms with van der Waals surface area (Å²) in [5, 5.41) is 0. The monoisotopic (exact) mass is 382 g/mol. The molecule has 0 radical (unpaired) electrons. The molecule has 0 fully saturated rings. The van der Waals surface area contributed by atoms with Crippen LogP contribution in [0.3, 0.4) is 0 Å². The maximum Gasteiger partial charge on any atom is 0.325 e. The van der Waals surface area contributed by atoms with Crippen molar-refractivity contribution < 1.29 is 33.0 Å². The molecule has 0 amide bonds. The quantitative estimate of drug-likeness (QED) is 0.429. The van der Waals surface area contributed by atoms with E-state index in [4.69, 9.17) is 23.7 Å². The largest absolute Gasteiger partial charge is 0.454 e. The van der Waals surface area contributed by atoms with Crippen molar-refractivity contribution >= 4 is 5.97 Å². The summed E-state index contributed by atoms with van der Waals surface area (Å²) in [6.07, 6.45) is 0.922. The van der Waals surface area contributed by atoms with Crippen LogP contribution >= 0.6 is 0 Å². The van der Waals surface area contributed by atoms with Gasteiger partial charge in [-0.3, -0.25) is 4.79 Å². The second-order valence-electron chi connectivity index (χ2n) is 8.22. The van der Waals surface area contributed by atoms with Gasteiger partial charge >= 0.3 is 5.97 Å². The first-order valence-corrected chi connectivity index (χ1v) is 9.42. The number of rotatable bonds is 1. The van der Waals surface area contributed by atoms with Crippen molar-refractivity contribution in [1.29, 1.82) is 0 Å². The van der Waals surface area contributed by atoms with Gasteiger partial charge in [0.05, 0.1) is 20.6 Å². The lowest BCUT2D eigenvalue weighted by atomic mass is 9.80. The fourth-order valence-corrected chi connectivity index (χ4v) is 4.90. The van der Waals surface area contributed by atoms with Crippen LogP contribution in [0, 0.1) is 0 Å². The third-order valence-electron chi connectivity index (χ3n) is 6.30. The number of quaternary nitrogens is 1. The molecule has 4 heterocycles. The Morgan fingerprint density at radius 2 is 1.64 bits per heavy atom. The molecular weight excluding hydrogens is 362 g/mol. The molecule has 0 bridgehead atoms. The van der Waals surface area contributed by atoms with Crippen molar-refractivity contribution in [3.05, 3.63) is 41.0 Å². The highest BCUT2D eigenvalue weighted by molar-refractivity contribution is 5.89. The number of carbonyl (C=O) groups is 1. The smallest absolute Gasteiger partial charge is 0.325 e. The maximum atomic E-state index is 13.1. The van der Waals surface area contributed by atoms with E-state index < -0.39 is 5.92 Å². The first-order chi connectivity index (χ1) is 13.5. The lowest BCUT2D eigenvalue weighted by molar-refractivity contribution is -0.924. The number of benzene rings is 2. The van der Waals surface area contributed by atoms with Crippen molar-refractivity contribution in [2.75, 3.05) is 34.2 Å². The lowest BCUT2D eigenvalue weighted by Gasteiger charge is -2.44. The minimum absolute atomic E-state index is 0.0904. The van der Waals surface area contributed by atoms with Crippen LogP contribution in [0.25, 0.3) is 0 Å². The second kappa shape index (κ2) is 5.32. The van der Waals surface area contributed by atoms with Crippen LogP contribution in [-0.2, 0) is 11.2 Å². The van der Waals surface area contributed by atoms with Crippen LogP contribution in [0.2, 0.25) is 0 Å². The molecule has 0 aliphatic carbocycles. The fourth-order valence-electron chi connectivity index (χ4n) is 4.90. The minimum Gasteiger partial charge on any atom is -0.454 e. The normalized spacial score (nSPS) is 25.3. The summed E-state index contributed by atoms with van der Waals surface area (Å²) in [6, 6.07) is 7.80. The fraction of sp³-hybridized carbons (Fsp3) is 0.381. The summed E-state index contributed by atoms with van der Waals surface area (Å²) in [5.41, 5.74) is 3.18. The summed E-state index contributed by atoms with van der Waals surface area (Å²) in [7, 11) is 4.33. The third-order valence-corrected chi connectivity index (χ3v) is 6.30. The van der Waals surface area contributed by atoms with Gasteiger partial charge in [-0.15, -0.1) is 0 Å². The molecule has 0 saturated carbocycles. The molecule has 4 aliphatic heterocycles. The van der Waals surface area contributed by atoms with Gasteiger partial charge in [-0.05, 0) is 23.8 Å². The van der Waals surface area contributed by atoms with E-state index in [1.165, 1.54) is 5.56 Å². The van der Waals surface area contributed by atoms with E-state index in [1.54, 1.807) is 0 Å². The van der Waals surface area contributed by atoms with Crippen molar-refractivity contribution in [2.24, 2.45) is 0 Å². The Labute approximate surface area is 161 Å². The van der Waals surface area contributed by atoms with Crippen LogP contribution in [0.1, 0.15) is 28.7 Å². The van der Waals surface area contributed by atoms with Crippen molar-refractivity contribution in [1.82, 2.24) is 0 Å². The van der Waals surface area contributed by atoms with Gasteiger partial charge in [0.15, 0.2) is 23.0 Å². The number of nitrogens with zero attached hydrogens (tertiary/aromatic N) is 1. The summed E-state index contributed by atoms with van der Waals surface area (Å²) >= 11 is 0. The van der Waals surface area contributed by atoms with Crippen LogP contribution in [0.5, 0.6) is 28.7 Å². The number of hydrogen-bond acceptors (Lipinski definition) is 6.